The summed E-state index contributed by atoms with van der Waals surface area (Å²) in [6.07, 6.45) is 7.48. The van der Waals surface area contributed by atoms with Crippen molar-refractivity contribution in [3.8, 4) is 0 Å². The van der Waals surface area contributed by atoms with Crippen molar-refractivity contribution < 1.29 is 9.53 Å². The Bertz CT molecular complexity index is 1250. The second kappa shape index (κ2) is 14.1. The fraction of sp³-hybridized carbons (Fsp3) is 0.419. The highest BCUT2D eigenvalue weighted by molar-refractivity contribution is 6.30. The highest BCUT2D eigenvalue weighted by Gasteiger charge is 2.28. The Morgan fingerprint density at radius 1 is 1.05 bits per heavy atom. The summed E-state index contributed by atoms with van der Waals surface area (Å²) in [4.78, 5) is 29.9. The van der Waals surface area contributed by atoms with Crippen LogP contribution in [0.15, 0.2) is 61.1 Å². The monoisotopic (exact) mass is 549 g/mol. The van der Waals surface area contributed by atoms with Gasteiger partial charge in [-0.3, -0.25) is 4.98 Å². The number of rotatable bonds is 5. The van der Waals surface area contributed by atoms with Gasteiger partial charge in [-0.15, -0.1) is 0 Å². The molecule has 1 fully saturated rings. The fourth-order valence-corrected chi connectivity index (χ4v) is 4.58. The Hall–Kier alpha value is -3.45. The second-order valence-electron chi connectivity index (χ2n) is 10.4. The van der Waals surface area contributed by atoms with Crippen LogP contribution in [-0.2, 0) is 11.2 Å². The normalized spacial score (nSPS) is 14.0. The first-order valence-electron chi connectivity index (χ1n) is 13.5. The van der Waals surface area contributed by atoms with E-state index < -0.39 is 5.60 Å². The number of allylic oxidation sites excluding steroid dienone is 1. The zero-order chi connectivity index (χ0) is 28.4. The van der Waals surface area contributed by atoms with E-state index in [4.69, 9.17) is 16.3 Å². The molecule has 0 N–H and O–H groups in total. The number of aryl methyl sites for hydroxylation is 2. The van der Waals surface area contributed by atoms with Gasteiger partial charge in [-0.1, -0.05) is 49.2 Å². The summed E-state index contributed by atoms with van der Waals surface area (Å²) < 4.78 is 5.50. The highest BCUT2D eigenvalue weighted by Crippen LogP contribution is 2.31. The number of ether oxygens (including phenoxy) is 1. The molecule has 7 nitrogen and oxygen atoms in total. The molecule has 4 rings (SSSR count). The topological polar surface area (TPSA) is 71.5 Å². The third-order valence-corrected chi connectivity index (χ3v) is 6.41. The van der Waals surface area contributed by atoms with E-state index in [0.717, 1.165) is 39.8 Å². The summed E-state index contributed by atoms with van der Waals surface area (Å²) in [7, 11) is 0. The zero-order valence-corrected chi connectivity index (χ0v) is 24.7. The number of carbonyl (C=O) groups is 1. The average Bonchev–Trinajstić information content (AvgIpc) is 2.90. The first-order valence-corrected chi connectivity index (χ1v) is 13.9. The van der Waals surface area contributed by atoms with Crippen LogP contribution in [0.2, 0.25) is 5.02 Å². The molecule has 3 aromatic rings. The fourth-order valence-electron chi connectivity index (χ4n) is 4.37. The molecular formula is C31H40ClN5O2. The van der Waals surface area contributed by atoms with E-state index in [-0.39, 0.29) is 6.09 Å². The number of piperazine rings is 1. The van der Waals surface area contributed by atoms with Crippen LogP contribution in [0.5, 0.6) is 0 Å². The Morgan fingerprint density at radius 3 is 2.38 bits per heavy atom. The van der Waals surface area contributed by atoms with Crippen molar-refractivity contribution >= 4 is 29.1 Å². The summed E-state index contributed by atoms with van der Waals surface area (Å²) in [5.41, 5.74) is 4.63. The molecular weight excluding hydrogens is 510 g/mol. The average molecular weight is 550 g/mol. The summed E-state index contributed by atoms with van der Waals surface area (Å²) in [6.45, 7) is 14.3. The number of benzene rings is 1. The second-order valence-corrected chi connectivity index (χ2v) is 10.8. The highest BCUT2D eigenvalue weighted by atomic mass is 35.5. The van der Waals surface area contributed by atoms with E-state index in [0.29, 0.717) is 26.2 Å². The van der Waals surface area contributed by atoms with Gasteiger partial charge >= 0.3 is 6.09 Å². The minimum Gasteiger partial charge on any atom is -0.444 e. The van der Waals surface area contributed by atoms with Crippen LogP contribution in [0.3, 0.4) is 0 Å². The number of hydrogen-bond donors (Lipinski definition) is 0. The van der Waals surface area contributed by atoms with Crippen LogP contribution in [0, 0.1) is 6.92 Å². The van der Waals surface area contributed by atoms with Crippen molar-refractivity contribution in [2.24, 2.45) is 0 Å². The van der Waals surface area contributed by atoms with Crippen molar-refractivity contribution in [1.82, 2.24) is 19.9 Å². The van der Waals surface area contributed by atoms with Crippen LogP contribution < -0.4 is 4.90 Å². The minimum atomic E-state index is -0.491. The Labute approximate surface area is 237 Å². The van der Waals surface area contributed by atoms with E-state index in [9.17, 15) is 4.79 Å². The van der Waals surface area contributed by atoms with Crippen molar-refractivity contribution in [3.63, 3.8) is 0 Å². The number of amides is 1. The van der Waals surface area contributed by atoms with Crippen LogP contribution in [0.1, 0.15) is 63.6 Å². The minimum absolute atomic E-state index is 0.265. The predicted octanol–water partition coefficient (Wildman–Crippen LogP) is 6.98. The summed E-state index contributed by atoms with van der Waals surface area (Å²) in [5, 5.41) is 0.839. The molecule has 0 bridgehead atoms. The van der Waals surface area contributed by atoms with Crippen LogP contribution in [0.25, 0.3) is 5.57 Å². The molecule has 0 saturated carbocycles. The number of nitrogens with zero attached hydrogens (tertiary/aromatic N) is 5. The molecule has 1 amide bonds. The van der Waals surface area contributed by atoms with E-state index in [2.05, 4.69) is 38.9 Å². The molecule has 39 heavy (non-hydrogen) atoms. The molecule has 1 aromatic carbocycles. The third-order valence-electron chi connectivity index (χ3n) is 6.17. The summed E-state index contributed by atoms with van der Waals surface area (Å²) in [5.74, 6) is 0.875. The molecule has 0 aliphatic carbocycles. The lowest BCUT2D eigenvalue weighted by Gasteiger charge is -2.37. The van der Waals surface area contributed by atoms with Crippen LogP contribution in [0.4, 0.5) is 10.6 Å². The Balaban J connectivity index is 0.000000353. The van der Waals surface area contributed by atoms with E-state index in [1.807, 2.05) is 71.0 Å². The number of halogens is 1. The largest absolute Gasteiger partial charge is 0.444 e. The molecule has 0 spiro atoms. The number of carbonyl (C=O) groups excluding carboxylic acids is 1. The number of pyridine rings is 1. The lowest BCUT2D eigenvalue weighted by molar-refractivity contribution is 0.0240. The lowest BCUT2D eigenvalue weighted by Crippen LogP contribution is -2.50. The van der Waals surface area contributed by atoms with Gasteiger partial charge < -0.3 is 14.5 Å². The molecule has 8 heteroatoms. The Kier molecular flexibility index (Phi) is 10.9. The molecule has 1 aliphatic rings. The Morgan fingerprint density at radius 2 is 1.79 bits per heavy atom. The molecule has 2 aromatic heterocycles. The number of anilines is 1. The van der Waals surface area contributed by atoms with Gasteiger partial charge in [0.1, 0.15) is 17.7 Å². The van der Waals surface area contributed by atoms with Gasteiger partial charge in [0.2, 0.25) is 0 Å². The van der Waals surface area contributed by atoms with Crippen LogP contribution in [-0.4, -0.2) is 57.7 Å². The number of aromatic nitrogens is 3. The molecule has 0 unspecified atom stereocenters. The standard InChI is InChI=1S/C22H29N5O2.C9H11Cl/c1-6-17(18-9-7-8-10-23-18)19-16(2)24-15-25-20(19)26-11-13-27(14-12-26)21(28)29-22(3,4)5;1-2-4-8-5-3-6-9(10)7-8/h6-10,15H,11-14H2,1-5H3;3,5-7H,2,4H2,1H3/b17-6-;. The smallest absolute Gasteiger partial charge is 0.410 e. The van der Waals surface area contributed by atoms with Crippen molar-refractivity contribution in [1.29, 1.82) is 0 Å². The van der Waals surface area contributed by atoms with Crippen molar-refractivity contribution in [3.05, 3.63) is 88.6 Å². The maximum atomic E-state index is 12.4. The maximum Gasteiger partial charge on any atom is 0.410 e. The first-order chi connectivity index (χ1) is 18.6. The maximum absolute atomic E-state index is 12.4. The quantitative estimate of drug-likeness (QED) is 0.342. The molecule has 1 aliphatic heterocycles. The van der Waals surface area contributed by atoms with Crippen molar-refractivity contribution in [2.45, 2.75) is 60.0 Å². The van der Waals surface area contributed by atoms with Gasteiger partial charge in [0, 0.05) is 48.5 Å². The van der Waals surface area contributed by atoms with E-state index >= 15 is 0 Å². The first kappa shape index (κ1) is 30.1. The van der Waals surface area contributed by atoms with Crippen molar-refractivity contribution in [2.75, 3.05) is 31.1 Å². The third kappa shape index (κ3) is 8.79. The number of hydrogen-bond acceptors (Lipinski definition) is 6. The van der Waals surface area contributed by atoms with Gasteiger partial charge in [0.15, 0.2) is 0 Å². The zero-order valence-electron chi connectivity index (χ0n) is 23.9. The lowest BCUT2D eigenvalue weighted by atomic mass is 10.00. The summed E-state index contributed by atoms with van der Waals surface area (Å²) >= 11 is 5.78. The molecule has 3 heterocycles. The molecule has 208 valence electrons. The van der Waals surface area contributed by atoms with Gasteiger partial charge in [-0.25, -0.2) is 14.8 Å². The summed E-state index contributed by atoms with van der Waals surface area (Å²) in [6, 6.07) is 13.9. The molecule has 0 atom stereocenters. The van der Waals surface area contributed by atoms with E-state index in [1.54, 1.807) is 17.4 Å². The SMILES string of the molecule is C/C=C(/c1ccccn1)c1c(C)ncnc1N1CCN(C(=O)OC(C)(C)C)CC1.CCCc1cccc(Cl)c1. The van der Waals surface area contributed by atoms with Gasteiger partial charge in [-0.05, 0) is 70.9 Å². The predicted molar refractivity (Wildman–Crippen MR) is 159 cm³/mol. The molecule has 1 saturated heterocycles. The van der Waals surface area contributed by atoms with Gasteiger partial charge in [-0.2, -0.15) is 0 Å². The van der Waals surface area contributed by atoms with E-state index in [1.165, 1.54) is 12.0 Å². The molecule has 0 radical (unpaired) electrons. The van der Waals surface area contributed by atoms with Gasteiger partial charge in [0.05, 0.1) is 11.4 Å². The van der Waals surface area contributed by atoms with Gasteiger partial charge in [0.25, 0.3) is 0 Å². The van der Waals surface area contributed by atoms with Crippen LogP contribution >= 0.6 is 11.6 Å².